The van der Waals surface area contributed by atoms with Crippen LogP contribution in [-0.2, 0) is 28.6 Å². The summed E-state index contributed by atoms with van der Waals surface area (Å²) >= 11 is 0. The maximum atomic E-state index is 12.9. The Hall–Kier alpha value is -3.67. The van der Waals surface area contributed by atoms with Crippen LogP contribution in [0.15, 0.2) is 97.2 Å². The first-order valence-corrected chi connectivity index (χ1v) is 28.7. The minimum atomic E-state index is -0.804. The summed E-state index contributed by atoms with van der Waals surface area (Å²) in [4.78, 5) is 38.2. The van der Waals surface area contributed by atoms with Crippen LogP contribution in [0.2, 0.25) is 0 Å². The van der Waals surface area contributed by atoms with Crippen molar-refractivity contribution in [1.29, 1.82) is 0 Å². The molecule has 0 unspecified atom stereocenters. The highest BCUT2D eigenvalue weighted by Crippen LogP contribution is 2.15. The second-order valence-electron chi connectivity index (χ2n) is 18.8. The van der Waals surface area contributed by atoms with Gasteiger partial charge in [0.05, 0.1) is 0 Å². The van der Waals surface area contributed by atoms with E-state index >= 15 is 0 Å². The van der Waals surface area contributed by atoms with Gasteiger partial charge in [-0.25, -0.2) is 0 Å². The van der Waals surface area contributed by atoms with Gasteiger partial charge in [-0.05, 0) is 103 Å². The molecule has 0 rings (SSSR count). The van der Waals surface area contributed by atoms with Crippen molar-refractivity contribution in [3.8, 4) is 0 Å². The van der Waals surface area contributed by atoms with E-state index in [9.17, 15) is 14.4 Å². The second-order valence-corrected chi connectivity index (χ2v) is 18.8. The maximum Gasteiger partial charge on any atom is 0.306 e. The minimum Gasteiger partial charge on any atom is -0.462 e. The fraction of sp³-hybridized carbons (Fsp3) is 0.698. The van der Waals surface area contributed by atoms with Crippen LogP contribution in [0.3, 0.4) is 0 Å². The first kappa shape index (κ1) is 65.3. The molecule has 0 bridgehead atoms. The molecule has 0 N–H and O–H groups in total. The van der Waals surface area contributed by atoms with Crippen molar-refractivity contribution in [2.45, 2.75) is 271 Å². The average Bonchev–Trinajstić information content (AvgIpc) is 3.35. The van der Waals surface area contributed by atoms with E-state index in [2.05, 4.69) is 118 Å². The maximum absolute atomic E-state index is 12.9. The van der Waals surface area contributed by atoms with Gasteiger partial charge in [-0.1, -0.05) is 240 Å². The van der Waals surface area contributed by atoms with Crippen LogP contribution in [0.5, 0.6) is 0 Å². The summed E-state index contributed by atoms with van der Waals surface area (Å²) in [7, 11) is 0. The molecule has 6 nitrogen and oxygen atoms in total. The number of rotatable bonds is 51. The minimum absolute atomic E-state index is 0.0971. The zero-order valence-electron chi connectivity index (χ0n) is 45.0. The Kier molecular flexibility index (Phi) is 53.9. The van der Waals surface area contributed by atoms with Gasteiger partial charge >= 0.3 is 17.9 Å². The summed E-state index contributed by atoms with van der Waals surface area (Å²) in [5, 5.41) is 0. The second kappa shape index (κ2) is 56.9. The van der Waals surface area contributed by atoms with E-state index in [-0.39, 0.29) is 37.5 Å². The van der Waals surface area contributed by atoms with Gasteiger partial charge in [-0.3, -0.25) is 14.4 Å². The van der Waals surface area contributed by atoms with Crippen molar-refractivity contribution >= 4 is 17.9 Å². The molecule has 6 heteroatoms. The third kappa shape index (κ3) is 55.1. The lowest BCUT2D eigenvalue weighted by Crippen LogP contribution is -2.30. The number of esters is 3. The lowest BCUT2D eigenvalue weighted by Gasteiger charge is -2.18. The van der Waals surface area contributed by atoms with Crippen molar-refractivity contribution in [3.63, 3.8) is 0 Å². The van der Waals surface area contributed by atoms with Crippen LogP contribution in [0.25, 0.3) is 0 Å². The number of carbonyl (C=O) groups is 3. The van der Waals surface area contributed by atoms with Gasteiger partial charge in [0.1, 0.15) is 13.2 Å². The highest BCUT2D eigenvalue weighted by Gasteiger charge is 2.19. The first-order chi connectivity index (χ1) is 34.0. The summed E-state index contributed by atoms with van der Waals surface area (Å²) in [6, 6.07) is 0. The molecule has 1 atom stereocenters. The van der Waals surface area contributed by atoms with Crippen molar-refractivity contribution < 1.29 is 28.6 Å². The Balaban J connectivity index is 4.49. The molecule has 0 saturated heterocycles. The van der Waals surface area contributed by atoms with E-state index in [0.717, 1.165) is 122 Å². The SMILES string of the molecule is CC/C=C\C/C=C\C/C=C\C/C=C\C/C=C\CCCCCC(=O)O[C@H](COC(=O)CCCCCC/C=C\C/C=C\C/C=C\CCCCC)COC(=O)CCCCCCCCCCCCCCCCC. The van der Waals surface area contributed by atoms with Gasteiger partial charge in [0.15, 0.2) is 6.10 Å². The molecule has 69 heavy (non-hydrogen) atoms. The van der Waals surface area contributed by atoms with Crippen molar-refractivity contribution in [3.05, 3.63) is 97.2 Å². The third-order valence-electron chi connectivity index (χ3n) is 12.1. The molecule has 0 aromatic heterocycles. The molecule has 0 radical (unpaired) electrons. The highest BCUT2D eigenvalue weighted by atomic mass is 16.6. The smallest absolute Gasteiger partial charge is 0.306 e. The molecule has 0 fully saturated rings. The molecule has 0 heterocycles. The molecule has 0 aliphatic heterocycles. The molecule has 0 aromatic rings. The fourth-order valence-electron chi connectivity index (χ4n) is 7.77. The first-order valence-electron chi connectivity index (χ1n) is 28.7. The molecular formula is C63H106O6. The monoisotopic (exact) mass is 959 g/mol. The fourth-order valence-corrected chi connectivity index (χ4v) is 7.77. The molecule has 0 amide bonds. The van der Waals surface area contributed by atoms with Crippen LogP contribution < -0.4 is 0 Å². The quantitative estimate of drug-likeness (QED) is 0.0262. The normalized spacial score (nSPS) is 12.8. The van der Waals surface area contributed by atoms with Gasteiger partial charge < -0.3 is 14.2 Å². The molecule has 0 saturated carbocycles. The zero-order chi connectivity index (χ0) is 50.0. The van der Waals surface area contributed by atoms with Gasteiger partial charge in [-0.2, -0.15) is 0 Å². The molecule has 0 aliphatic rings. The molecule has 0 aromatic carbocycles. The number of carbonyl (C=O) groups excluding carboxylic acids is 3. The van der Waals surface area contributed by atoms with Crippen molar-refractivity contribution in [2.24, 2.45) is 0 Å². The number of allylic oxidation sites excluding steroid dienone is 16. The lowest BCUT2D eigenvalue weighted by atomic mass is 10.0. The van der Waals surface area contributed by atoms with Crippen LogP contribution in [0.1, 0.15) is 265 Å². The molecule has 0 spiro atoms. The molecule has 0 aliphatic carbocycles. The predicted molar refractivity (Wildman–Crippen MR) is 297 cm³/mol. The van der Waals surface area contributed by atoms with Gasteiger partial charge in [0.25, 0.3) is 0 Å². The molecular weight excluding hydrogens is 853 g/mol. The van der Waals surface area contributed by atoms with Gasteiger partial charge in [0.2, 0.25) is 0 Å². The van der Waals surface area contributed by atoms with E-state index in [0.29, 0.717) is 12.8 Å². The summed E-state index contributed by atoms with van der Waals surface area (Å²) < 4.78 is 16.8. The lowest BCUT2D eigenvalue weighted by molar-refractivity contribution is -0.167. The Morgan fingerprint density at radius 2 is 0.565 bits per heavy atom. The number of unbranched alkanes of at least 4 members (excludes halogenated alkanes) is 24. The van der Waals surface area contributed by atoms with Crippen molar-refractivity contribution in [1.82, 2.24) is 0 Å². The Labute approximate surface area is 426 Å². The van der Waals surface area contributed by atoms with Gasteiger partial charge in [-0.15, -0.1) is 0 Å². The topological polar surface area (TPSA) is 78.9 Å². The third-order valence-corrected chi connectivity index (χ3v) is 12.1. The van der Waals surface area contributed by atoms with Crippen LogP contribution >= 0.6 is 0 Å². The summed E-state index contributed by atoms with van der Waals surface area (Å²) in [6.07, 6.45) is 75.3. The Bertz CT molecular complexity index is 1380. The van der Waals surface area contributed by atoms with Crippen molar-refractivity contribution in [2.75, 3.05) is 13.2 Å². The van der Waals surface area contributed by atoms with E-state index in [4.69, 9.17) is 14.2 Å². The van der Waals surface area contributed by atoms with E-state index in [1.54, 1.807) is 0 Å². The number of ether oxygens (including phenoxy) is 3. The van der Waals surface area contributed by atoms with Gasteiger partial charge in [0, 0.05) is 19.3 Å². The van der Waals surface area contributed by atoms with E-state index < -0.39 is 6.10 Å². The van der Waals surface area contributed by atoms with Crippen LogP contribution in [-0.4, -0.2) is 37.2 Å². The number of hydrogen-bond donors (Lipinski definition) is 0. The van der Waals surface area contributed by atoms with E-state index in [1.165, 1.54) is 103 Å². The predicted octanol–water partition coefficient (Wildman–Crippen LogP) is 19.3. The molecule has 394 valence electrons. The average molecular weight is 960 g/mol. The van der Waals surface area contributed by atoms with E-state index in [1.807, 2.05) is 0 Å². The summed E-state index contributed by atoms with van der Waals surface area (Å²) in [6.45, 7) is 6.46. The number of hydrogen-bond acceptors (Lipinski definition) is 6. The van der Waals surface area contributed by atoms with Crippen LogP contribution in [0.4, 0.5) is 0 Å². The summed E-state index contributed by atoms with van der Waals surface area (Å²) in [5.41, 5.74) is 0. The largest absolute Gasteiger partial charge is 0.462 e. The zero-order valence-corrected chi connectivity index (χ0v) is 45.0. The standard InChI is InChI=1S/C63H106O6/c1-4-7-10-13-16-19-22-25-28-30-31-33-36-39-42-45-48-51-54-57-63(66)69-60(58-67-61(64)55-52-49-46-43-40-37-34-27-24-21-18-15-12-9-6-3)59-68-62(65)56-53-50-47-44-41-38-35-32-29-26-23-20-17-14-11-8-5-2/h7,10,16-17,19-20,25-26,28-29,31,33,35,38-39,42,60H,4-6,8-9,11-15,18,21-24,27,30,32,34,36-37,40-41,43-59H2,1-3H3/b10-7-,19-16-,20-17-,28-25-,29-26-,33-31-,38-35-,42-39-/t60-/m0/s1. The summed E-state index contributed by atoms with van der Waals surface area (Å²) in [5.74, 6) is -0.947. The highest BCUT2D eigenvalue weighted by molar-refractivity contribution is 5.71. The Morgan fingerprint density at radius 3 is 0.928 bits per heavy atom. The van der Waals surface area contributed by atoms with Crippen LogP contribution in [0, 0.1) is 0 Å². The Morgan fingerprint density at radius 1 is 0.304 bits per heavy atom.